The number of hydrogen-bond donors (Lipinski definition) is 1. The van der Waals surface area contributed by atoms with E-state index in [-0.39, 0.29) is 0 Å². The third-order valence-corrected chi connectivity index (χ3v) is 3.91. The Morgan fingerprint density at radius 3 is 2.20 bits per heavy atom. The first-order chi connectivity index (χ1) is 9.55. The summed E-state index contributed by atoms with van der Waals surface area (Å²) in [4.78, 5) is 0. The van der Waals surface area contributed by atoms with E-state index in [4.69, 9.17) is 0 Å². The van der Waals surface area contributed by atoms with E-state index >= 15 is 0 Å². The summed E-state index contributed by atoms with van der Waals surface area (Å²) < 4.78 is 0. The molecule has 2 atom stereocenters. The fourth-order valence-corrected chi connectivity index (χ4v) is 3.16. The standard InChI is InChI=1S/C19H33N/c1-6-8-15(3)13-19(20-9-7-2)14-18-11-16(4)10-17(5)12-18/h10-12,15,19-20H,6-9,13-14H2,1-5H3. The highest BCUT2D eigenvalue weighted by molar-refractivity contribution is 5.29. The number of hydrogen-bond acceptors (Lipinski definition) is 1. The van der Waals surface area contributed by atoms with Crippen LogP contribution in [-0.2, 0) is 6.42 Å². The third-order valence-electron chi connectivity index (χ3n) is 3.91. The fourth-order valence-electron chi connectivity index (χ4n) is 3.16. The molecule has 1 nitrogen and oxygen atoms in total. The van der Waals surface area contributed by atoms with Crippen molar-refractivity contribution in [3.63, 3.8) is 0 Å². The molecule has 0 aromatic heterocycles. The lowest BCUT2D eigenvalue weighted by atomic mass is 9.92. The van der Waals surface area contributed by atoms with Gasteiger partial charge in [0.05, 0.1) is 0 Å². The van der Waals surface area contributed by atoms with Crippen molar-refractivity contribution in [3.05, 3.63) is 34.9 Å². The maximum absolute atomic E-state index is 3.75. The molecule has 0 amide bonds. The highest BCUT2D eigenvalue weighted by Crippen LogP contribution is 2.17. The molecule has 20 heavy (non-hydrogen) atoms. The third kappa shape index (κ3) is 6.56. The maximum atomic E-state index is 3.75. The van der Waals surface area contributed by atoms with E-state index in [1.807, 2.05) is 0 Å². The van der Waals surface area contributed by atoms with Crippen molar-refractivity contribution in [2.24, 2.45) is 5.92 Å². The fraction of sp³-hybridized carbons (Fsp3) is 0.684. The van der Waals surface area contributed by atoms with Gasteiger partial charge in [-0.1, -0.05) is 62.9 Å². The summed E-state index contributed by atoms with van der Waals surface area (Å²) in [5.74, 6) is 0.820. The largest absolute Gasteiger partial charge is 0.314 e. The van der Waals surface area contributed by atoms with Crippen LogP contribution in [0, 0.1) is 19.8 Å². The number of aryl methyl sites for hydroxylation is 2. The summed E-state index contributed by atoms with van der Waals surface area (Å²) in [5, 5.41) is 3.75. The van der Waals surface area contributed by atoms with E-state index in [0.29, 0.717) is 6.04 Å². The molecule has 1 aromatic rings. The molecule has 1 aromatic carbocycles. The minimum Gasteiger partial charge on any atom is -0.314 e. The second-order valence-corrected chi connectivity index (χ2v) is 6.48. The van der Waals surface area contributed by atoms with E-state index in [1.165, 1.54) is 42.4 Å². The SMILES string of the molecule is CCCNC(Cc1cc(C)cc(C)c1)CC(C)CCC. The van der Waals surface area contributed by atoms with Crippen molar-refractivity contribution in [1.29, 1.82) is 0 Å². The van der Waals surface area contributed by atoms with Gasteiger partial charge in [0.2, 0.25) is 0 Å². The second-order valence-electron chi connectivity index (χ2n) is 6.48. The van der Waals surface area contributed by atoms with Crippen LogP contribution in [0.4, 0.5) is 0 Å². The molecule has 0 saturated carbocycles. The maximum Gasteiger partial charge on any atom is 0.0110 e. The molecule has 0 saturated heterocycles. The van der Waals surface area contributed by atoms with E-state index in [2.05, 4.69) is 58.1 Å². The molecule has 0 radical (unpaired) electrons. The molecule has 0 aliphatic carbocycles. The molecule has 0 aliphatic rings. The normalized spacial score (nSPS) is 14.2. The van der Waals surface area contributed by atoms with Crippen molar-refractivity contribution in [3.8, 4) is 0 Å². The highest BCUT2D eigenvalue weighted by Gasteiger charge is 2.13. The molecule has 0 fully saturated rings. The van der Waals surface area contributed by atoms with Crippen molar-refractivity contribution in [1.82, 2.24) is 5.32 Å². The lowest BCUT2D eigenvalue weighted by Crippen LogP contribution is -2.33. The Hall–Kier alpha value is -0.820. The first-order valence-electron chi connectivity index (χ1n) is 8.35. The average molecular weight is 275 g/mol. The summed E-state index contributed by atoms with van der Waals surface area (Å²) in [6.07, 6.45) is 6.31. The molecule has 0 bridgehead atoms. The Bertz CT molecular complexity index is 363. The minimum absolute atomic E-state index is 0.623. The molecular formula is C19H33N. The van der Waals surface area contributed by atoms with Crippen molar-refractivity contribution >= 4 is 0 Å². The van der Waals surface area contributed by atoms with Gasteiger partial charge in [-0.05, 0) is 51.1 Å². The summed E-state index contributed by atoms with van der Waals surface area (Å²) >= 11 is 0. The van der Waals surface area contributed by atoms with Gasteiger partial charge in [0.15, 0.2) is 0 Å². The second kappa shape index (κ2) is 9.18. The van der Waals surface area contributed by atoms with Crippen LogP contribution >= 0.6 is 0 Å². The number of benzene rings is 1. The van der Waals surface area contributed by atoms with E-state index in [9.17, 15) is 0 Å². The van der Waals surface area contributed by atoms with E-state index in [0.717, 1.165) is 18.9 Å². The molecule has 1 rings (SSSR count). The van der Waals surface area contributed by atoms with Crippen molar-refractivity contribution in [2.45, 2.75) is 72.8 Å². The van der Waals surface area contributed by atoms with Gasteiger partial charge in [-0.25, -0.2) is 0 Å². The van der Waals surface area contributed by atoms with Gasteiger partial charge < -0.3 is 5.32 Å². The summed E-state index contributed by atoms with van der Waals surface area (Å²) in [6, 6.07) is 7.58. The van der Waals surface area contributed by atoms with Crippen LogP contribution in [0.25, 0.3) is 0 Å². The molecule has 0 aliphatic heterocycles. The zero-order chi connectivity index (χ0) is 15.0. The first kappa shape index (κ1) is 17.2. The first-order valence-corrected chi connectivity index (χ1v) is 8.35. The smallest absolute Gasteiger partial charge is 0.0110 e. The molecule has 0 heterocycles. The van der Waals surface area contributed by atoms with Gasteiger partial charge in [0.25, 0.3) is 0 Å². The lowest BCUT2D eigenvalue weighted by molar-refractivity contribution is 0.380. The van der Waals surface area contributed by atoms with Crippen LogP contribution < -0.4 is 5.32 Å². The zero-order valence-electron chi connectivity index (χ0n) is 14.1. The Balaban J connectivity index is 2.67. The minimum atomic E-state index is 0.623. The van der Waals surface area contributed by atoms with E-state index in [1.54, 1.807) is 0 Å². The molecule has 0 spiro atoms. The van der Waals surface area contributed by atoms with Crippen LogP contribution in [0.5, 0.6) is 0 Å². The molecular weight excluding hydrogens is 242 g/mol. The van der Waals surface area contributed by atoms with Crippen LogP contribution in [-0.4, -0.2) is 12.6 Å². The van der Waals surface area contributed by atoms with Gasteiger partial charge in [-0.3, -0.25) is 0 Å². The van der Waals surface area contributed by atoms with E-state index < -0.39 is 0 Å². The molecule has 1 heteroatoms. The lowest BCUT2D eigenvalue weighted by Gasteiger charge is -2.22. The van der Waals surface area contributed by atoms with Crippen molar-refractivity contribution < 1.29 is 0 Å². The molecule has 1 N–H and O–H groups in total. The predicted molar refractivity (Wildman–Crippen MR) is 90.4 cm³/mol. The summed E-state index contributed by atoms with van der Waals surface area (Å²) in [7, 11) is 0. The Labute approximate surface area is 126 Å². The van der Waals surface area contributed by atoms with Crippen molar-refractivity contribution in [2.75, 3.05) is 6.54 Å². The summed E-state index contributed by atoms with van der Waals surface area (Å²) in [6.45, 7) is 12.5. The Morgan fingerprint density at radius 2 is 1.65 bits per heavy atom. The van der Waals surface area contributed by atoms with Gasteiger partial charge in [-0.2, -0.15) is 0 Å². The zero-order valence-corrected chi connectivity index (χ0v) is 14.1. The Kier molecular flexibility index (Phi) is 7.91. The molecule has 2 unspecified atom stereocenters. The number of nitrogens with one attached hydrogen (secondary N) is 1. The average Bonchev–Trinajstić information content (AvgIpc) is 2.35. The van der Waals surface area contributed by atoms with Gasteiger partial charge >= 0.3 is 0 Å². The Morgan fingerprint density at radius 1 is 1.00 bits per heavy atom. The van der Waals surface area contributed by atoms with Crippen LogP contribution in [0.1, 0.15) is 63.1 Å². The monoisotopic (exact) mass is 275 g/mol. The van der Waals surface area contributed by atoms with Gasteiger partial charge in [0.1, 0.15) is 0 Å². The predicted octanol–water partition coefficient (Wildman–Crippen LogP) is 5.04. The van der Waals surface area contributed by atoms with Gasteiger partial charge in [-0.15, -0.1) is 0 Å². The summed E-state index contributed by atoms with van der Waals surface area (Å²) in [5.41, 5.74) is 4.26. The number of rotatable bonds is 9. The van der Waals surface area contributed by atoms with Gasteiger partial charge in [0, 0.05) is 6.04 Å². The van der Waals surface area contributed by atoms with Crippen LogP contribution in [0.2, 0.25) is 0 Å². The molecule has 114 valence electrons. The van der Waals surface area contributed by atoms with Crippen LogP contribution in [0.3, 0.4) is 0 Å². The topological polar surface area (TPSA) is 12.0 Å². The van der Waals surface area contributed by atoms with Crippen LogP contribution in [0.15, 0.2) is 18.2 Å². The highest BCUT2D eigenvalue weighted by atomic mass is 14.9. The quantitative estimate of drug-likeness (QED) is 0.665.